The first-order chi connectivity index (χ1) is 18.2. The Bertz CT molecular complexity index is 1290. The Morgan fingerprint density at radius 2 is 1.89 bits per heavy atom. The van der Waals surface area contributed by atoms with Gasteiger partial charge in [-0.3, -0.25) is 9.59 Å². The number of benzene rings is 1. The van der Waals surface area contributed by atoms with Gasteiger partial charge in [0.25, 0.3) is 5.91 Å². The van der Waals surface area contributed by atoms with Gasteiger partial charge in [0.1, 0.15) is 5.76 Å². The Morgan fingerprint density at radius 1 is 1.18 bits per heavy atom. The minimum atomic E-state index is -0.205. The Hall–Kier alpha value is -3.76. The Balaban J connectivity index is 1.30. The van der Waals surface area contributed by atoms with Crippen molar-refractivity contribution in [1.29, 1.82) is 0 Å². The van der Waals surface area contributed by atoms with Crippen LogP contribution in [0.3, 0.4) is 0 Å². The molecule has 1 saturated heterocycles. The van der Waals surface area contributed by atoms with Crippen molar-refractivity contribution >= 4 is 35.1 Å². The second kappa shape index (κ2) is 12.2. The first kappa shape index (κ1) is 27.3. The summed E-state index contributed by atoms with van der Waals surface area (Å²) in [4.78, 5) is 37.8. The number of piperidine rings is 1. The standard InChI is InChI=1S/C27H32ClN7O3/c1-17-24(18(2)38-33-17)25-22(28)16-29-27(32-25)31-21-11-14-35(15-12-21)26(37)19-7-9-20(10-8-19)30-23(36)6-5-13-34(3)4/h5-10,16,21H,11-15H2,1-4H3,(H,30,36)(H,29,31,32). The van der Waals surface area contributed by atoms with Crippen LogP contribution in [0.1, 0.15) is 34.7 Å². The van der Waals surface area contributed by atoms with Crippen LogP contribution < -0.4 is 10.6 Å². The van der Waals surface area contributed by atoms with E-state index in [4.69, 9.17) is 16.1 Å². The molecule has 10 nitrogen and oxygen atoms in total. The third kappa shape index (κ3) is 6.76. The normalized spacial score (nSPS) is 14.3. The molecule has 200 valence electrons. The third-order valence-electron chi connectivity index (χ3n) is 6.27. The van der Waals surface area contributed by atoms with Crippen LogP contribution in [0.4, 0.5) is 11.6 Å². The topological polar surface area (TPSA) is 116 Å². The molecule has 1 aromatic carbocycles. The Kier molecular flexibility index (Phi) is 8.75. The monoisotopic (exact) mass is 537 g/mol. The van der Waals surface area contributed by atoms with Gasteiger partial charge in [0.2, 0.25) is 11.9 Å². The van der Waals surface area contributed by atoms with E-state index >= 15 is 0 Å². The van der Waals surface area contributed by atoms with Crippen LogP contribution in [0.2, 0.25) is 5.02 Å². The van der Waals surface area contributed by atoms with Gasteiger partial charge in [0.05, 0.1) is 28.2 Å². The SMILES string of the molecule is Cc1noc(C)c1-c1nc(NC2CCN(C(=O)c3ccc(NC(=O)C=CCN(C)C)cc3)CC2)ncc1Cl. The number of aromatic nitrogens is 3. The number of anilines is 2. The van der Waals surface area contributed by atoms with E-state index in [0.717, 1.165) is 18.4 Å². The van der Waals surface area contributed by atoms with Crippen molar-refractivity contribution in [3.8, 4) is 11.3 Å². The van der Waals surface area contributed by atoms with E-state index in [0.29, 0.717) is 59.0 Å². The molecule has 0 saturated carbocycles. The highest BCUT2D eigenvalue weighted by Crippen LogP contribution is 2.31. The quantitative estimate of drug-likeness (QED) is 0.411. The van der Waals surface area contributed by atoms with Crippen molar-refractivity contribution in [2.24, 2.45) is 0 Å². The van der Waals surface area contributed by atoms with E-state index in [9.17, 15) is 9.59 Å². The predicted octanol–water partition coefficient (Wildman–Crippen LogP) is 4.17. The number of hydrogen-bond acceptors (Lipinski definition) is 8. The van der Waals surface area contributed by atoms with Gasteiger partial charge in [-0.2, -0.15) is 0 Å². The number of nitrogens with one attached hydrogen (secondary N) is 2. The summed E-state index contributed by atoms with van der Waals surface area (Å²) >= 11 is 6.36. The molecule has 0 aliphatic carbocycles. The highest BCUT2D eigenvalue weighted by Gasteiger charge is 2.25. The van der Waals surface area contributed by atoms with Gasteiger partial charge in [-0.05, 0) is 65.0 Å². The first-order valence-electron chi connectivity index (χ1n) is 12.4. The Labute approximate surface area is 227 Å². The molecule has 1 aliphatic heterocycles. The van der Waals surface area contributed by atoms with Crippen LogP contribution in [0.15, 0.2) is 47.1 Å². The largest absolute Gasteiger partial charge is 0.361 e. The van der Waals surface area contributed by atoms with Gasteiger partial charge in [0, 0.05) is 43.0 Å². The highest BCUT2D eigenvalue weighted by molar-refractivity contribution is 6.33. The van der Waals surface area contributed by atoms with Crippen LogP contribution >= 0.6 is 11.6 Å². The summed E-state index contributed by atoms with van der Waals surface area (Å²) in [6.07, 6.45) is 6.38. The molecule has 3 heterocycles. The maximum Gasteiger partial charge on any atom is 0.253 e. The average Bonchev–Trinajstić information content (AvgIpc) is 3.23. The minimum Gasteiger partial charge on any atom is -0.361 e. The summed E-state index contributed by atoms with van der Waals surface area (Å²) < 4.78 is 5.26. The number of likely N-dealkylation sites (N-methyl/N-ethyl adjacent to an activating group) is 1. The van der Waals surface area contributed by atoms with Crippen molar-refractivity contribution in [2.45, 2.75) is 32.7 Å². The van der Waals surface area contributed by atoms with Crippen molar-refractivity contribution in [3.05, 3.63) is 64.7 Å². The molecule has 4 rings (SSSR count). The van der Waals surface area contributed by atoms with Gasteiger partial charge in [-0.25, -0.2) is 9.97 Å². The molecule has 0 spiro atoms. The minimum absolute atomic E-state index is 0.0318. The van der Waals surface area contributed by atoms with E-state index in [1.807, 2.05) is 37.7 Å². The first-order valence-corrected chi connectivity index (χ1v) is 12.8. The van der Waals surface area contributed by atoms with Crippen molar-refractivity contribution in [3.63, 3.8) is 0 Å². The Morgan fingerprint density at radius 3 is 2.53 bits per heavy atom. The zero-order valence-corrected chi connectivity index (χ0v) is 22.7. The van der Waals surface area contributed by atoms with Crippen LogP contribution in [0.5, 0.6) is 0 Å². The van der Waals surface area contributed by atoms with E-state index in [-0.39, 0.29) is 17.9 Å². The summed E-state index contributed by atoms with van der Waals surface area (Å²) in [5.41, 5.74) is 3.29. The lowest BCUT2D eigenvalue weighted by Crippen LogP contribution is -2.42. The second-order valence-electron chi connectivity index (χ2n) is 9.53. The number of halogens is 1. The van der Waals surface area contributed by atoms with Crippen LogP contribution in [0.25, 0.3) is 11.3 Å². The molecule has 11 heteroatoms. The van der Waals surface area contributed by atoms with Gasteiger partial charge in [-0.15, -0.1) is 0 Å². The lowest BCUT2D eigenvalue weighted by Gasteiger charge is -2.32. The molecular formula is C27H32ClN7O3. The van der Waals surface area contributed by atoms with Crippen LogP contribution in [-0.4, -0.2) is 76.5 Å². The van der Waals surface area contributed by atoms with Crippen molar-refractivity contribution < 1.29 is 14.1 Å². The lowest BCUT2D eigenvalue weighted by molar-refractivity contribution is -0.111. The van der Waals surface area contributed by atoms with Crippen LogP contribution in [0, 0.1) is 13.8 Å². The summed E-state index contributed by atoms with van der Waals surface area (Å²) in [7, 11) is 3.87. The number of amides is 2. The number of nitrogens with zero attached hydrogens (tertiary/aromatic N) is 5. The molecular weight excluding hydrogens is 506 g/mol. The molecule has 0 atom stereocenters. The number of hydrogen-bond donors (Lipinski definition) is 2. The molecule has 2 amide bonds. The fraction of sp³-hybridized carbons (Fsp3) is 0.370. The summed E-state index contributed by atoms with van der Waals surface area (Å²) in [6.45, 7) is 5.57. The average molecular weight is 538 g/mol. The smallest absolute Gasteiger partial charge is 0.253 e. The summed E-state index contributed by atoms with van der Waals surface area (Å²) in [5, 5.41) is 10.6. The maximum atomic E-state index is 13.0. The molecule has 3 aromatic rings. The van der Waals surface area contributed by atoms with Crippen LogP contribution in [-0.2, 0) is 4.79 Å². The highest BCUT2D eigenvalue weighted by atomic mass is 35.5. The van der Waals surface area contributed by atoms with Crippen molar-refractivity contribution in [2.75, 3.05) is 44.4 Å². The van der Waals surface area contributed by atoms with E-state index in [1.165, 1.54) is 6.08 Å². The molecule has 2 aromatic heterocycles. The molecule has 0 unspecified atom stereocenters. The summed E-state index contributed by atoms with van der Waals surface area (Å²) in [5.74, 6) is 0.885. The predicted molar refractivity (Wildman–Crippen MR) is 147 cm³/mol. The van der Waals surface area contributed by atoms with Gasteiger partial charge >= 0.3 is 0 Å². The van der Waals surface area contributed by atoms with E-state index in [1.54, 1.807) is 36.5 Å². The van der Waals surface area contributed by atoms with Gasteiger partial charge in [0.15, 0.2) is 0 Å². The molecule has 1 fully saturated rings. The maximum absolute atomic E-state index is 13.0. The lowest BCUT2D eigenvalue weighted by atomic mass is 10.0. The second-order valence-corrected chi connectivity index (χ2v) is 9.94. The third-order valence-corrected chi connectivity index (χ3v) is 6.55. The molecule has 1 aliphatic rings. The number of carbonyl (C=O) groups is 2. The fourth-order valence-electron chi connectivity index (χ4n) is 4.28. The van der Waals surface area contributed by atoms with E-state index < -0.39 is 0 Å². The molecule has 38 heavy (non-hydrogen) atoms. The van der Waals surface area contributed by atoms with Gasteiger partial charge in [-0.1, -0.05) is 22.8 Å². The zero-order chi connectivity index (χ0) is 27.2. The number of carbonyl (C=O) groups excluding carboxylic acids is 2. The fourth-order valence-corrected chi connectivity index (χ4v) is 4.46. The zero-order valence-electron chi connectivity index (χ0n) is 22.0. The summed E-state index contributed by atoms with van der Waals surface area (Å²) in [6, 6.07) is 7.09. The van der Waals surface area contributed by atoms with E-state index in [2.05, 4.69) is 25.8 Å². The molecule has 0 radical (unpaired) electrons. The van der Waals surface area contributed by atoms with Crippen molar-refractivity contribution in [1.82, 2.24) is 24.9 Å². The number of aryl methyl sites for hydroxylation is 2. The molecule has 2 N–H and O–H groups in total. The number of rotatable bonds is 8. The van der Waals surface area contributed by atoms with Gasteiger partial charge < -0.3 is 25.0 Å². The number of likely N-dealkylation sites (tertiary alicyclic amines) is 1. The molecule has 0 bridgehead atoms.